The molecule has 0 aliphatic carbocycles. The first kappa shape index (κ1) is 12.8. The molecule has 0 radical (unpaired) electrons. The number of aldehydes is 1. The highest BCUT2D eigenvalue weighted by atomic mass is 28.3. The van der Waals surface area contributed by atoms with Crippen LogP contribution in [-0.4, -0.2) is 21.4 Å². The molecular formula is C10H22O2Si. The molecule has 0 aromatic carbocycles. The van der Waals surface area contributed by atoms with Gasteiger partial charge in [-0.3, -0.25) is 0 Å². The highest BCUT2D eigenvalue weighted by Gasteiger charge is 2.30. The molecule has 13 heavy (non-hydrogen) atoms. The Morgan fingerprint density at radius 1 is 1.31 bits per heavy atom. The first-order valence-electron chi connectivity index (χ1n) is 4.89. The van der Waals surface area contributed by atoms with Gasteiger partial charge in [0.1, 0.15) is 6.29 Å². The maximum atomic E-state index is 10.9. The summed E-state index contributed by atoms with van der Waals surface area (Å²) in [4.78, 5) is 10.9. The molecule has 78 valence electrons. The zero-order chi connectivity index (χ0) is 10.6. The van der Waals surface area contributed by atoms with E-state index in [0.29, 0.717) is 0 Å². The summed E-state index contributed by atoms with van der Waals surface area (Å²) in [5.74, 6) is 0.00222. The van der Waals surface area contributed by atoms with Gasteiger partial charge < -0.3 is 9.22 Å². The minimum absolute atomic E-state index is 0.00222. The van der Waals surface area contributed by atoms with Crippen LogP contribution in [0.3, 0.4) is 0 Å². The normalized spacial score (nSPS) is 17.2. The van der Waals surface area contributed by atoms with Crippen LogP contribution < -0.4 is 0 Å². The molecule has 0 N–H and O–H groups in total. The molecule has 2 atom stereocenters. The van der Waals surface area contributed by atoms with Gasteiger partial charge in [-0.1, -0.05) is 20.8 Å². The summed E-state index contributed by atoms with van der Waals surface area (Å²) in [6.07, 6.45) is 1.09. The van der Waals surface area contributed by atoms with Gasteiger partial charge in [-0.15, -0.1) is 0 Å². The monoisotopic (exact) mass is 202 g/mol. The SMILES string of the molecule is C[C@H](O[SiH](C)C)C(C=O)C(C)(C)C. The van der Waals surface area contributed by atoms with Crippen molar-refractivity contribution in [1.29, 1.82) is 0 Å². The first-order valence-corrected chi connectivity index (χ1v) is 7.68. The molecule has 0 saturated heterocycles. The van der Waals surface area contributed by atoms with E-state index in [1.54, 1.807) is 0 Å². The van der Waals surface area contributed by atoms with Gasteiger partial charge in [0.15, 0.2) is 9.04 Å². The van der Waals surface area contributed by atoms with E-state index >= 15 is 0 Å². The Morgan fingerprint density at radius 3 is 2.00 bits per heavy atom. The summed E-state index contributed by atoms with van der Waals surface area (Å²) >= 11 is 0. The summed E-state index contributed by atoms with van der Waals surface area (Å²) < 4.78 is 5.74. The van der Waals surface area contributed by atoms with Gasteiger partial charge in [0, 0.05) is 5.92 Å². The zero-order valence-electron chi connectivity index (χ0n) is 9.63. The molecule has 0 aromatic rings. The van der Waals surface area contributed by atoms with Crippen molar-refractivity contribution in [3.8, 4) is 0 Å². The van der Waals surface area contributed by atoms with Gasteiger partial charge in [0.05, 0.1) is 6.10 Å². The van der Waals surface area contributed by atoms with Crippen LogP contribution in [-0.2, 0) is 9.22 Å². The molecule has 2 nitrogen and oxygen atoms in total. The Hall–Kier alpha value is -0.153. The van der Waals surface area contributed by atoms with Crippen molar-refractivity contribution < 1.29 is 9.22 Å². The zero-order valence-corrected chi connectivity index (χ0v) is 10.8. The molecule has 0 saturated carbocycles. The third kappa shape index (κ3) is 4.57. The van der Waals surface area contributed by atoms with Crippen LogP contribution in [0.2, 0.25) is 13.1 Å². The Bertz CT molecular complexity index is 161. The average Bonchev–Trinajstić information content (AvgIpc) is 1.82. The minimum atomic E-state index is -1.03. The van der Waals surface area contributed by atoms with Crippen molar-refractivity contribution in [1.82, 2.24) is 0 Å². The number of rotatable bonds is 4. The van der Waals surface area contributed by atoms with Crippen molar-refractivity contribution in [2.24, 2.45) is 11.3 Å². The lowest BCUT2D eigenvalue weighted by atomic mass is 9.79. The van der Waals surface area contributed by atoms with Gasteiger partial charge in [-0.05, 0) is 25.4 Å². The molecule has 0 amide bonds. The number of carbonyl (C=O) groups excluding carboxylic acids is 1. The van der Waals surface area contributed by atoms with Crippen molar-refractivity contribution in [3.63, 3.8) is 0 Å². The molecule has 1 unspecified atom stereocenters. The molecule has 0 heterocycles. The summed E-state index contributed by atoms with van der Waals surface area (Å²) in [5.41, 5.74) is 0.00442. The standard InChI is InChI=1S/C10H22O2Si/c1-8(12-13(5)6)9(7-11)10(2,3)4/h7-9,13H,1-6H3/t8-,9?/m0/s1. The quantitative estimate of drug-likeness (QED) is 0.516. The summed E-state index contributed by atoms with van der Waals surface area (Å²) in [5, 5.41) is 0. The molecule has 0 aliphatic rings. The van der Waals surface area contributed by atoms with Gasteiger partial charge in [0.2, 0.25) is 0 Å². The molecule has 0 fully saturated rings. The lowest BCUT2D eigenvalue weighted by Crippen LogP contribution is -2.35. The lowest BCUT2D eigenvalue weighted by Gasteiger charge is -2.32. The van der Waals surface area contributed by atoms with Gasteiger partial charge >= 0.3 is 0 Å². The van der Waals surface area contributed by atoms with Crippen molar-refractivity contribution in [2.75, 3.05) is 0 Å². The predicted molar refractivity (Wildman–Crippen MR) is 58.4 cm³/mol. The summed E-state index contributed by atoms with van der Waals surface area (Å²) in [6, 6.07) is 0. The van der Waals surface area contributed by atoms with Crippen LogP contribution in [0.1, 0.15) is 27.7 Å². The Morgan fingerprint density at radius 2 is 1.77 bits per heavy atom. The van der Waals surface area contributed by atoms with Gasteiger partial charge in [0.25, 0.3) is 0 Å². The van der Waals surface area contributed by atoms with Crippen LogP contribution in [0.25, 0.3) is 0 Å². The maximum Gasteiger partial charge on any atom is 0.171 e. The Kier molecular flexibility index (Phi) is 4.85. The maximum absolute atomic E-state index is 10.9. The Labute approximate surface area is 83.4 Å². The van der Waals surface area contributed by atoms with Crippen LogP contribution in [0.5, 0.6) is 0 Å². The third-order valence-corrected chi connectivity index (χ3v) is 3.11. The van der Waals surface area contributed by atoms with Crippen LogP contribution in [0.4, 0.5) is 0 Å². The van der Waals surface area contributed by atoms with E-state index in [0.717, 1.165) is 6.29 Å². The highest BCUT2D eigenvalue weighted by Crippen LogP contribution is 2.28. The topological polar surface area (TPSA) is 26.3 Å². The molecule has 0 aliphatic heterocycles. The van der Waals surface area contributed by atoms with Crippen LogP contribution in [0.15, 0.2) is 0 Å². The van der Waals surface area contributed by atoms with Crippen LogP contribution >= 0.6 is 0 Å². The molecule has 3 heteroatoms. The fraction of sp³-hybridized carbons (Fsp3) is 0.900. The highest BCUT2D eigenvalue weighted by molar-refractivity contribution is 6.48. The van der Waals surface area contributed by atoms with E-state index in [1.807, 2.05) is 6.92 Å². The van der Waals surface area contributed by atoms with E-state index < -0.39 is 9.04 Å². The fourth-order valence-corrected chi connectivity index (χ4v) is 2.56. The average molecular weight is 202 g/mol. The summed E-state index contributed by atoms with van der Waals surface area (Å²) in [7, 11) is -1.03. The molecule has 0 rings (SSSR count). The third-order valence-electron chi connectivity index (χ3n) is 2.14. The van der Waals surface area contributed by atoms with Crippen molar-refractivity contribution in [2.45, 2.75) is 46.9 Å². The molecule has 0 aromatic heterocycles. The second-order valence-electron chi connectivity index (χ2n) is 4.92. The Balaban J connectivity index is 4.32. The van der Waals surface area contributed by atoms with Crippen molar-refractivity contribution in [3.05, 3.63) is 0 Å². The minimum Gasteiger partial charge on any atom is -0.417 e. The van der Waals surface area contributed by atoms with Gasteiger partial charge in [-0.2, -0.15) is 0 Å². The first-order chi connectivity index (χ1) is 5.79. The van der Waals surface area contributed by atoms with E-state index in [1.165, 1.54) is 0 Å². The van der Waals surface area contributed by atoms with Crippen LogP contribution in [0, 0.1) is 11.3 Å². The number of carbonyl (C=O) groups is 1. The largest absolute Gasteiger partial charge is 0.417 e. The predicted octanol–water partition coefficient (Wildman–Crippen LogP) is 2.24. The number of hydrogen-bond donors (Lipinski definition) is 0. The van der Waals surface area contributed by atoms with E-state index in [-0.39, 0.29) is 17.4 Å². The lowest BCUT2D eigenvalue weighted by molar-refractivity contribution is -0.117. The van der Waals surface area contributed by atoms with Gasteiger partial charge in [-0.25, -0.2) is 0 Å². The van der Waals surface area contributed by atoms with E-state index in [4.69, 9.17) is 4.43 Å². The van der Waals surface area contributed by atoms with Crippen molar-refractivity contribution >= 4 is 15.3 Å². The second kappa shape index (κ2) is 4.91. The number of hydrogen-bond acceptors (Lipinski definition) is 2. The fourth-order valence-electron chi connectivity index (χ4n) is 1.53. The smallest absolute Gasteiger partial charge is 0.171 e. The van der Waals surface area contributed by atoms with E-state index in [9.17, 15) is 4.79 Å². The molecule has 0 bridgehead atoms. The van der Waals surface area contributed by atoms with E-state index in [2.05, 4.69) is 33.9 Å². The molecule has 0 spiro atoms. The molecular weight excluding hydrogens is 180 g/mol. The summed E-state index contributed by atoms with van der Waals surface area (Å²) in [6.45, 7) is 12.5. The second-order valence-corrected chi connectivity index (χ2v) is 7.29.